The summed E-state index contributed by atoms with van der Waals surface area (Å²) < 4.78 is 4.65. The number of carbonyl (C=O) groups excluding carboxylic acids is 1. The van der Waals surface area contributed by atoms with Gasteiger partial charge in [0.1, 0.15) is 0 Å². The van der Waals surface area contributed by atoms with Crippen LogP contribution < -0.4 is 0 Å². The molecule has 0 saturated carbocycles. The molecule has 1 unspecified atom stereocenters. The van der Waals surface area contributed by atoms with E-state index in [2.05, 4.69) is 42.8 Å². The van der Waals surface area contributed by atoms with E-state index in [1.54, 1.807) is 0 Å². The molecule has 3 rings (SSSR count). The maximum atomic E-state index is 11.6. The molecule has 3 heteroatoms. The average Bonchev–Trinajstić information content (AvgIpc) is 2.70. The minimum absolute atomic E-state index is 0.224. The molecule has 0 aromatic heterocycles. The molecule has 0 bridgehead atoms. The van der Waals surface area contributed by atoms with E-state index in [-0.39, 0.29) is 6.42 Å². The minimum atomic E-state index is -1.17. The minimum Gasteiger partial charge on any atom is -0.467 e. The van der Waals surface area contributed by atoms with Gasteiger partial charge >= 0.3 is 5.97 Å². The van der Waals surface area contributed by atoms with Crippen molar-refractivity contribution in [2.75, 3.05) is 7.11 Å². The summed E-state index contributed by atoms with van der Waals surface area (Å²) in [6.45, 7) is 4.25. The quantitative estimate of drug-likeness (QED) is 0.670. The van der Waals surface area contributed by atoms with E-state index in [1.807, 2.05) is 42.5 Å². The number of hydrogen-bond acceptors (Lipinski definition) is 3. The number of benzene rings is 3. The van der Waals surface area contributed by atoms with Gasteiger partial charge in [0.15, 0.2) is 6.10 Å². The third kappa shape index (κ3) is 3.93. The number of hydrogen-bond donors (Lipinski definition) is 1. The van der Waals surface area contributed by atoms with Crippen LogP contribution in [0.4, 0.5) is 0 Å². The van der Waals surface area contributed by atoms with E-state index in [1.165, 1.54) is 29.4 Å². The van der Waals surface area contributed by atoms with Gasteiger partial charge in [0, 0.05) is 6.42 Å². The molecule has 3 aromatic carbocycles. The summed E-state index contributed by atoms with van der Waals surface area (Å²) in [5, 5.41) is 10.1. The van der Waals surface area contributed by atoms with Crippen LogP contribution in [0.15, 0.2) is 66.7 Å². The van der Waals surface area contributed by atoms with Crippen molar-refractivity contribution in [1.29, 1.82) is 0 Å². The maximum absolute atomic E-state index is 11.6. The molecule has 0 fully saturated rings. The molecule has 0 amide bonds. The molecule has 27 heavy (non-hydrogen) atoms. The van der Waals surface area contributed by atoms with E-state index in [0.717, 1.165) is 16.7 Å². The van der Waals surface area contributed by atoms with Gasteiger partial charge in [-0.05, 0) is 52.8 Å². The summed E-state index contributed by atoms with van der Waals surface area (Å²) in [5.74, 6) is -0.614. The SMILES string of the molecule is COC(=O)C(O)Cc1ccccc1-c1ccc(-c2ccccc2)c(C)c1C. The number of ether oxygens (including phenoxy) is 1. The molecule has 0 spiro atoms. The molecule has 138 valence electrons. The van der Waals surface area contributed by atoms with Crippen molar-refractivity contribution in [3.63, 3.8) is 0 Å². The summed E-state index contributed by atoms with van der Waals surface area (Å²) in [6, 6.07) is 22.5. The summed E-state index contributed by atoms with van der Waals surface area (Å²) in [6.07, 6.45) is -0.942. The lowest BCUT2D eigenvalue weighted by molar-refractivity contribution is -0.150. The van der Waals surface area contributed by atoms with E-state index in [4.69, 9.17) is 0 Å². The number of carbonyl (C=O) groups is 1. The Morgan fingerprint density at radius 1 is 0.852 bits per heavy atom. The zero-order chi connectivity index (χ0) is 19.4. The van der Waals surface area contributed by atoms with Gasteiger partial charge in [-0.3, -0.25) is 0 Å². The number of methoxy groups -OCH3 is 1. The van der Waals surface area contributed by atoms with Crippen LogP contribution >= 0.6 is 0 Å². The molecule has 0 aliphatic heterocycles. The molecule has 0 aliphatic carbocycles. The van der Waals surface area contributed by atoms with Crippen molar-refractivity contribution in [3.05, 3.63) is 83.4 Å². The molecular weight excluding hydrogens is 336 g/mol. The molecule has 3 aromatic rings. The van der Waals surface area contributed by atoms with Crippen molar-refractivity contribution in [2.45, 2.75) is 26.4 Å². The first kappa shape index (κ1) is 18.9. The van der Waals surface area contributed by atoms with Crippen molar-refractivity contribution >= 4 is 5.97 Å². The van der Waals surface area contributed by atoms with Crippen LogP contribution in [0.2, 0.25) is 0 Å². The van der Waals surface area contributed by atoms with E-state index < -0.39 is 12.1 Å². The van der Waals surface area contributed by atoms with Crippen molar-refractivity contribution < 1.29 is 14.6 Å². The molecule has 0 saturated heterocycles. The molecule has 0 aliphatic rings. The Balaban J connectivity index is 2.03. The van der Waals surface area contributed by atoms with Crippen LogP contribution in [0.3, 0.4) is 0 Å². The van der Waals surface area contributed by atoms with Crippen molar-refractivity contribution in [2.24, 2.45) is 0 Å². The topological polar surface area (TPSA) is 46.5 Å². The zero-order valence-corrected chi connectivity index (χ0v) is 15.9. The first-order valence-corrected chi connectivity index (χ1v) is 9.02. The Morgan fingerprint density at radius 3 is 2.15 bits per heavy atom. The molecule has 1 N–H and O–H groups in total. The fraction of sp³-hybridized carbons (Fsp3) is 0.208. The third-order valence-electron chi connectivity index (χ3n) is 5.07. The van der Waals surface area contributed by atoms with Crippen molar-refractivity contribution in [3.8, 4) is 22.3 Å². The first-order valence-electron chi connectivity index (χ1n) is 9.02. The number of rotatable bonds is 5. The predicted molar refractivity (Wildman–Crippen MR) is 109 cm³/mol. The van der Waals surface area contributed by atoms with Crippen LogP contribution in [0.5, 0.6) is 0 Å². The summed E-state index contributed by atoms with van der Waals surface area (Å²) >= 11 is 0. The second-order valence-corrected chi connectivity index (χ2v) is 6.68. The van der Waals surface area contributed by atoms with E-state index >= 15 is 0 Å². The van der Waals surface area contributed by atoms with Gasteiger partial charge in [-0.1, -0.05) is 66.7 Å². The number of aliphatic hydroxyl groups is 1. The van der Waals surface area contributed by atoms with E-state index in [9.17, 15) is 9.90 Å². The van der Waals surface area contributed by atoms with Crippen LogP contribution in [0.1, 0.15) is 16.7 Å². The highest BCUT2D eigenvalue weighted by Crippen LogP contribution is 2.34. The van der Waals surface area contributed by atoms with Crippen LogP contribution in [0.25, 0.3) is 22.3 Å². The number of esters is 1. The van der Waals surface area contributed by atoms with Gasteiger partial charge in [0.2, 0.25) is 0 Å². The predicted octanol–water partition coefficient (Wildman–Crippen LogP) is 4.71. The Kier molecular flexibility index (Phi) is 5.72. The molecule has 0 heterocycles. The number of aliphatic hydroxyl groups excluding tert-OH is 1. The first-order chi connectivity index (χ1) is 13.0. The highest BCUT2D eigenvalue weighted by Gasteiger charge is 2.19. The highest BCUT2D eigenvalue weighted by atomic mass is 16.5. The van der Waals surface area contributed by atoms with Crippen LogP contribution in [-0.4, -0.2) is 24.3 Å². The lowest BCUT2D eigenvalue weighted by Gasteiger charge is -2.17. The Bertz CT molecular complexity index is 945. The van der Waals surface area contributed by atoms with Crippen LogP contribution in [-0.2, 0) is 16.0 Å². The zero-order valence-electron chi connectivity index (χ0n) is 15.9. The fourth-order valence-corrected chi connectivity index (χ4v) is 3.43. The summed E-state index contributed by atoms with van der Waals surface area (Å²) in [7, 11) is 1.28. The van der Waals surface area contributed by atoms with Crippen molar-refractivity contribution in [1.82, 2.24) is 0 Å². The second kappa shape index (κ2) is 8.19. The smallest absolute Gasteiger partial charge is 0.335 e. The van der Waals surface area contributed by atoms with Crippen LogP contribution in [0, 0.1) is 13.8 Å². The van der Waals surface area contributed by atoms with E-state index in [0.29, 0.717) is 0 Å². The summed E-state index contributed by atoms with van der Waals surface area (Å²) in [5.41, 5.74) is 7.88. The monoisotopic (exact) mass is 360 g/mol. The molecule has 1 atom stereocenters. The third-order valence-corrected chi connectivity index (χ3v) is 5.07. The maximum Gasteiger partial charge on any atom is 0.335 e. The Morgan fingerprint density at radius 2 is 1.44 bits per heavy atom. The normalized spacial score (nSPS) is 11.9. The molecule has 3 nitrogen and oxygen atoms in total. The van der Waals surface area contributed by atoms with Gasteiger partial charge in [-0.25, -0.2) is 4.79 Å². The summed E-state index contributed by atoms with van der Waals surface area (Å²) in [4.78, 5) is 11.6. The molecular formula is C24H24O3. The fourth-order valence-electron chi connectivity index (χ4n) is 3.43. The van der Waals surface area contributed by atoms with Gasteiger partial charge in [-0.2, -0.15) is 0 Å². The lowest BCUT2D eigenvalue weighted by atomic mass is 9.88. The van der Waals surface area contributed by atoms with Gasteiger partial charge < -0.3 is 9.84 Å². The molecule has 0 radical (unpaired) electrons. The Hall–Kier alpha value is -2.91. The average molecular weight is 360 g/mol. The standard InChI is InChI=1S/C24H24O3/c1-16-17(2)21(14-13-20(16)18-9-5-4-6-10-18)22-12-8-7-11-19(22)15-23(25)24(26)27-3/h4-14,23,25H,15H2,1-3H3. The Labute approximate surface area is 160 Å². The highest BCUT2D eigenvalue weighted by molar-refractivity contribution is 5.79. The lowest BCUT2D eigenvalue weighted by Crippen LogP contribution is -2.24. The second-order valence-electron chi connectivity index (χ2n) is 6.68. The van der Waals surface area contributed by atoms with Gasteiger partial charge in [0.25, 0.3) is 0 Å². The van der Waals surface area contributed by atoms with Gasteiger partial charge in [0.05, 0.1) is 7.11 Å². The van der Waals surface area contributed by atoms with Gasteiger partial charge in [-0.15, -0.1) is 0 Å². The largest absolute Gasteiger partial charge is 0.467 e.